The summed E-state index contributed by atoms with van der Waals surface area (Å²) in [5, 5.41) is 0. The summed E-state index contributed by atoms with van der Waals surface area (Å²) >= 11 is 0. The van der Waals surface area contributed by atoms with Crippen LogP contribution in [0.2, 0.25) is 0 Å². The molecule has 0 aliphatic carbocycles. The second-order valence-electron chi connectivity index (χ2n) is 9.62. The molecule has 0 rings (SSSR count). The van der Waals surface area contributed by atoms with Crippen molar-refractivity contribution in [3.05, 3.63) is 0 Å². The van der Waals surface area contributed by atoms with Gasteiger partial charge in [0.2, 0.25) is 0 Å². The molecule has 0 saturated heterocycles. The van der Waals surface area contributed by atoms with E-state index in [4.69, 9.17) is 0 Å². The summed E-state index contributed by atoms with van der Waals surface area (Å²) in [5.74, 6) is 0.835. The van der Waals surface area contributed by atoms with Gasteiger partial charge in [0.05, 0.1) is 0 Å². The third-order valence-corrected chi connectivity index (χ3v) is 7.30. The molecular formula is C23H48. The van der Waals surface area contributed by atoms with Crippen LogP contribution in [0.4, 0.5) is 0 Å². The summed E-state index contributed by atoms with van der Waals surface area (Å²) in [4.78, 5) is 0. The van der Waals surface area contributed by atoms with E-state index in [0.717, 1.165) is 5.92 Å². The minimum Gasteiger partial charge on any atom is -0.0654 e. The monoisotopic (exact) mass is 324 g/mol. The third kappa shape index (κ3) is 6.09. The molecule has 23 heavy (non-hydrogen) atoms. The van der Waals surface area contributed by atoms with Crippen molar-refractivity contribution in [2.24, 2.45) is 22.2 Å². The Labute approximate surface area is 149 Å². The van der Waals surface area contributed by atoms with Crippen LogP contribution in [0.25, 0.3) is 0 Å². The molecular weight excluding hydrogens is 276 g/mol. The molecule has 0 aliphatic rings. The normalized spacial score (nSPS) is 18.0. The summed E-state index contributed by atoms with van der Waals surface area (Å²) in [6.45, 7) is 22.2. The maximum atomic E-state index is 2.64. The molecule has 140 valence electrons. The van der Waals surface area contributed by atoms with Crippen LogP contribution >= 0.6 is 0 Å². The maximum Gasteiger partial charge on any atom is -0.0221 e. The minimum atomic E-state index is 0.429. The van der Waals surface area contributed by atoms with E-state index in [1.54, 1.807) is 0 Å². The van der Waals surface area contributed by atoms with Crippen molar-refractivity contribution in [1.82, 2.24) is 0 Å². The largest absolute Gasteiger partial charge is 0.0654 e. The fraction of sp³-hybridized carbons (Fsp3) is 1.00. The number of unbranched alkanes of at least 4 members (excludes halogenated alkanes) is 2. The Hall–Kier alpha value is 0. The van der Waals surface area contributed by atoms with Crippen LogP contribution in [0, 0.1) is 22.2 Å². The highest BCUT2D eigenvalue weighted by Crippen LogP contribution is 2.60. The molecule has 2 atom stereocenters. The molecule has 0 bridgehead atoms. The van der Waals surface area contributed by atoms with Crippen molar-refractivity contribution in [2.75, 3.05) is 0 Å². The van der Waals surface area contributed by atoms with Crippen molar-refractivity contribution in [2.45, 2.75) is 127 Å². The van der Waals surface area contributed by atoms with E-state index in [9.17, 15) is 0 Å². The number of hydrogen-bond acceptors (Lipinski definition) is 0. The first-order chi connectivity index (χ1) is 10.6. The van der Waals surface area contributed by atoms with E-state index in [2.05, 4.69) is 62.3 Å². The second-order valence-corrected chi connectivity index (χ2v) is 9.62. The lowest BCUT2D eigenvalue weighted by Gasteiger charge is -2.57. The summed E-state index contributed by atoms with van der Waals surface area (Å²) < 4.78 is 0. The smallest absolute Gasteiger partial charge is 0.0221 e. The van der Waals surface area contributed by atoms with Crippen molar-refractivity contribution in [1.29, 1.82) is 0 Å². The molecule has 0 fully saturated rings. The Bertz CT molecular complexity index is 301. The molecule has 0 N–H and O–H groups in total. The molecule has 0 aromatic carbocycles. The van der Waals surface area contributed by atoms with Crippen molar-refractivity contribution < 1.29 is 0 Å². The predicted molar refractivity (Wildman–Crippen MR) is 108 cm³/mol. The Morgan fingerprint density at radius 1 is 0.696 bits per heavy atom. The minimum absolute atomic E-state index is 0.429. The molecule has 0 radical (unpaired) electrons. The van der Waals surface area contributed by atoms with Gasteiger partial charge in [-0.15, -0.1) is 0 Å². The van der Waals surface area contributed by atoms with Gasteiger partial charge < -0.3 is 0 Å². The van der Waals surface area contributed by atoms with Crippen LogP contribution in [-0.2, 0) is 0 Å². The van der Waals surface area contributed by atoms with Crippen LogP contribution in [0.3, 0.4) is 0 Å². The van der Waals surface area contributed by atoms with E-state index >= 15 is 0 Å². The second kappa shape index (κ2) is 10.1. The first-order valence-corrected chi connectivity index (χ1v) is 10.6. The summed E-state index contributed by atoms with van der Waals surface area (Å²) in [6, 6.07) is 0. The molecule has 2 unspecified atom stereocenters. The van der Waals surface area contributed by atoms with Gasteiger partial charge >= 0.3 is 0 Å². The maximum absolute atomic E-state index is 2.64. The van der Waals surface area contributed by atoms with E-state index in [0.29, 0.717) is 16.2 Å². The fourth-order valence-electron chi connectivity index (χ4n) is 4.63. The highest BCUT2D eigenvalue weighted by atomic mass is 14.6. The molecule has 0 heterocycles. The zero-order valence-electron chi connectivity index (χ0n) is 18.1. The Morgan fingerprint density at radius 2 is 1.22 bits per heavy atom. The van der Waals surface area contributed by atoms with Crippen LogP contribution in [0.5, 0.6) is 0 Å². The predicted octanol–water partition coefficient (Wildman–Crippen LogP) is 8.64. The van der Waals surface area contributed by atoms with Crippen molar-refractivity contribution in [3.63, 3.8) is 0 Å². The molecule has 0 saturated carbocycles. The molecule has 0 aromatic heterocycles. The molecule has 0 heteroatoms. The molecule has 0 spiro atoms. The van der Waals surface area contributed by atoms with Gasteiger partial charge in [0.15, 0.2) is 0 Å². The molecule has 0 nitrogen and oxygen atoms in total. The van der Waals surface area contributed by atoms with Crippen LogP contribution in [0.1, 0.15) is 127 Å². The Kier molecular flexibility index (Phi) is 10.1. The highest BCUT2D eigenvalue weighted by molar-refractivity contribution is 5.00. The number of hydrogen-bond donors (Lipinski definition) is 0. The lowest BCUT2D eigenvalue weighted by Crippen LogP contribution is -2.48. The zero-order valence-corrected chi connectivity index (χ0v) is 18.1. The first kappa shape index (κ1) is 23.0. The standard InChI is InChI=1S/C23H48/c1-10-13-17-21(6,7)23(9,19-15-16-20(4)5)22(8,12-3)18-14-11-2/h20H,10-19H2,1-9H3. The molecule has 0 aromatic rings. The Balaban J connectivity index is 5.47. The van der Waals surface area contributed by atoms with E-state index in [1.165, 1.54) is 64.2 Å². The fourth-order valence-corrected chi connectivity index (χ4v) is 4.63. The van der Waals surface area contributed by atoms with E-state index in [1.807, 2.05) is 0 Å². The summed E-state index contributed by atoms with van der Waals surface area (Å²) in [5.41, 5.74) is 1.34. The van der Waals surface area contributed by atoms with E-state index in [-0.39, 0.29) is 0 Å². The van der Waals surface area contributed by atoms with Crippen molar-refractivity contribution in [3.8, 4) is 0 Å². The average molecular weight is 325 g/mol. The van der Waals surface area contributed by atoms with Crippen LogP contribution in [0.15, 0.2) is 0 Å². The van der Waals surface area contributed by atoms with Gasteiger partial charge in [0, 0.05) is 0 Å². The van der Waals surface area contributed by atoms with Gasteiger partial charge in [0.25, 0.3) is 0 Å². The van der Waals surface area contributed by atoms with Gasteiger partial charge in [-0.25, -0.2) is 0 Å². The van der Waals surface area contributed by atoms with Gasteiger partial charge in [0.1, 0.15) is 0 Å². The quantitative estimate of drug-likeness (QED) is 0.318. The SMILES string of the molecule is CCCCC(C)(C)C(C)(CCCC(C)C)C(C)(CC)CCCC. The van der Waals surface area contributed by atoms with Gasteiger partial charge in [-0.2, -0.15) is 0 Å². The Morgan fingerprint density at radius 3 is 1.65 bits per heavy atom. The van der Waals surface area contributed by atoms with Crippen molar-refractivity contribution >= 4 is 0 Å². The molecule has 0 amide bonds. The number of rotatable bonds is 13. The lowest BCUT2D eigenvalue weighted by molar-refractivity contribution is -0.0716. The van der Waals surface area contributed by atoms with Crippen LogP contribution in [-0.4, -0.2) is 0 Å². The van der Waals surface area contributed by atoms with Gasteiger partial charge in [-0.05, 0) is 41.4 Å². The lowest BCUT2D eigenvalue weighted by atomic mass is 9.48. The summed E-state index contributed by atoms with van der Waals surface area (Å²) in [6.07, 6.45) is 13.7. The third-order valence-electron chi connectivity index (χ3n) is 7.30. The topological polar surface area (TPSA) is 0 Å². The average Bonchev–Trinajstić information content (AvgIpc) is 2.49. The molecule has 0 aliphatic heterocycles. The van der Waals surface area contributed by atoms with Gasteiger partial charge in [-0.1, -0.05) is 107 Å². The zero-order chi connectivity index (χ0) is 18.1. The summed E-state index contributed by atoms with van der Waals surface area (Å²) in [7, 11) is 0. The van der Waals surface area contributed by atoms with Gasteiger partial charge in [-0.3, -0.25) is 0 Å². The van der Waals surface area contributed by atoms with E-state index < -0.39 is 0 Å². The highest BCUT2D eigenvalue weighted by Gasteiger charge is 2.51. The first-order valence-electron chi connectivity index (χ1n) is 10.6. The van der Waals surface area contributed by atoms with Crippen LogP contribution < -0.4 is 0 Å².